The molecule has 1 N–H and O–H groups in total. The first-order valence-corrected chi connectivity index (χ1v) is 7.26. The topological polar surface area (TPSA) is 72.2 Å². The molecule has 2 aromatic rings. The standard InChI is InChI=1S/C16H20N2O3/c1-3-11(2)18-14(9-6-10-15(19)20)17-13-8-5-4-7-12(13)16(18)21/h4-5,7-8,11H,3,6,9-10H2,1-2H3,(H,19,20). The van der Waals surface area contributed by atoms with Crippen molar-refractivity contribution in [2.24, 2.45) is 0 Å². The van der Waals surface area contributed by atoms with Crippen molar-refractivity contribution in [3.8, 4) is 0 Å². The zero-order valence-corrected chi connectivity index (χ0v) is 12.4. The summed E-state index contributed by atoms with van der Waals surface area (Å²) in [6.07, 6.45) is 1.89. The first-order chi connectivity index (χ1) is 10.0. The van der Waals surface area contributed by atoms with Gasteiger partial charge in [0.25, 0.3) is 5.56 Å². The number of carboxylic acid groups (broad SMARTS) is 1. The third-order valence-electron chi connectivity index (χ3n) is 3.70. The second-order valence-electron chi connectivity index (χ2n) is 5.22. The number of fused-ring (bicyclic) bond motifs is 1. The summed E-state index contributed by atoms with van der Waals surface area (Å²) in [5, 5.41) is 9.36. The Balaban J connectivity index is 2.50. The highest BCUT2D eigenvalue weighted by molar-refractivity contribution is 5.77. The van der Waals surface area contributed by atoms with E-state index in [4.69, 9.17) is 5.11 Å². The molecule has 1 atom stereocenters. The first kappa shape index (κ1) is 15.2. The number of benzene rings is 1. The largest absolute Gasteiger partial charge is 0.481 e. The van der Waals surface area contributed by atoms with Crippen LogP contribution in [-0.2, 0) is 11.2 Å². The Hall–Kier alpha value is -2.17. The summed E-state index contributed by atoms with van der Waals surface area (Å²) >= 11 is 0. The fourth-order valence-electron chi connectivity index (χ4n) is 2.40. The van der Waals surface area contributed by atoms with Crippen molar-refractivity contribution >= 4 is 16.9 Å². The van der Waals surface area contributed by atoms with Gasteiger partial charge in [0.05, 0.1) is 10.9 Å². The molecular formula is C16H20N2O3. The average molecular weight is 288 g/mol. The minimum absolute atomic E-state index is 0.0414. The molecule has 0 amide bonds. The van der Waals surface area contributed by atoms with Crippen LogP contribution in [0.1, 0.15) is 45.0 Å². The lowest BCUT2D eigenvalue weighted by atomic mass is 10.1. The molecule has 0 bridgehead atoms. The Labute approximate surface area is 123 Å². The summed E-state index contributed by atoms with van der Waals surface area (Å²) in [5.74, 6) is -0.150. The second kappa shape index (κ2) is 6.52. The number of rotatable bonds is 6. The maximum Gasteiger partial charge on any atom is 0.303 e. The van der Waals surface area contributed by atoms with E-state index < -0.39 is 5.97 Å². The molecule has 5 heteroatoms. The lowest BCUT2D eigenvalue weighted by Crippen LogP contribution is -2.28. The van der Waals surface area contributed by atoms with Gasteiger partial charge in [-0.2, -0.15) is 0 Å². The quantitative estimate of drug-likeness (QED) is 0.887. The van der Waals surface area contributed by atoms with Gasteiger partial charge in [0.1, 0.15) is 5.82 Å². The minimum atomic E-state index is -0.826. The van der Waals surface area contributed by atoms with Crippen molar-refractivity contribution in [3.05, 3.63) is 40.4 Å². The molecule has 0 aliphatic carbocycles. The van der Waals surface area contributed by atoms with Gasteiger partial charge in [-0.1, -0.05) is 19.1 Å². The number of hydrogen-bond acceptors (Lipinski definition) is 3. The van der Waals surface area contributed by atoms with Crippen molar-refractivity contribution in [1.82, 2.24) is 9.55 Å². The molecule has 112 valence electrons. The molecule has 21 heavy (non-hydrogen) atoms. The van der Waals surface area contributed by atoms with E-state index in [0.29, 0.717) is 29.6 Å². The number of hydrogen-bond donors (Lipinski definition) is 1. The third kappa shape index (κ3) is 3.29. The van der Waals surface area contributed by atoms with Crippen molar-refractivity contribution in [2.75, 3.05) is 0 Å². The number of carboxylic acids is 1. The van der Waals surface area contributed by atoms with Crippen LogP contribution in [-0.4, -0.2) is 20.6 Å². The second-order valence-corrected chi connectivity index (χ2v) is 5.22. The zero-order valence-electron chi connectivity index (χ0n) is 12.4. The maximum atomic E-state index is 12.7. The summed E-state index contributed by atoms with van der Waals surface area (Å²) in [4.78, 5) is 27.9. The monoisotopic (exact) mass is 288 g/mol. The molecular weight excluding hydrogens is 268 g/mol. The fourth-order valence-corrected chi connectivity index (χ4v) is 2.40. The summed E-state index contributed by atoms with van der Waals surface area (Å²) < 4.78 is 1.71. The maximum absolute atomic E-state index is 12.7. The number of aryl methyl sites for hydroxylation is 1. The Kier molecular flexibility index (Phi) is 4.73. The Morgan fingerprint density at radius 1 is 1.38 bits per heavy atom. The molecule has 0 saturated carbocycles. The van der Waals surface area contributed by atoms with Crippen LogP contribution in [0.2, 0.25) is 0 Å². The first-order valence-electron chi connectivity index (χ1n) is 7.26. The normalized spacial score (nSPS) is 12.5. The van der Waals surface area contributed by atoms with Gasteiger partial charge >= 0.3 is 5.97 Å². The molecule has 0 spiro atoms. The van der Waals surface area contributed by atoms with Gasteiger partial charge in [0, 0.05) is 18.9 Å². The SMILES string of the molecule is CCC(C)n1c(CCCC(=O)O)nc2ccccc2c1=O. The molecule has 0 fully saturated rings. The summed E-state index contributed by atoms with van der Waals surface area (Å²) in [6.45, 7) is 4.01. The number of aromatic nitrogens is 2. The molecule has 0 aliphatic rings. The number of carbonyl (C=O) groups is 1. The number of para-hydroxylation sites is 1. The molecule has 0 saturated heterocycles. The smallest absolute Gasteiger partial charge is 0.303 e. The summed E-state index contributed by atoms with van der Waals surface area (Å²) in [6, 6.07) is 7.33. The van der Waals surface area contributed by atoms with Gasteiger partial charge < -0.3 is 5.11 Å². The highest BCUT2D eigenvalue weighted by atomic mass is 16.4. The van der Waals surface area contributed by atoms with Crippen LogP contribution in [0.4, 0.5) is 0 Å². The van der Waals surface area contributed by atoms with Crippen molar-refractivity contribution in [2.45, 2.75) is 45.6 Å². The molecule has 1 heterocycles. The van der Waals surface area contributed by atoms with E-state index in [1.165, 1.54) is 0 Å². The fraction of sp³-hybridized carbons (Fsp3) is 0.438. The van der Waals surface area contributed by atoms with Gasteiger partial charge in [-0.05, 0) is 31.9 Å². The average Bonchev–Trinajstić information content (AvgIpc) is 2.46. The van der Waals surface area contributed by atoms with Gasteiger partial charge in [0.2, 0.25) is 0 Å². The van der Waals surface area contributed by atoms with E-state index in [1.807, 2.05) is 32.0 Å². The Morgan fingerprint density at radius 3 is 2.76 bits per heavy atom. The van der Waals surface area contributed by atoms with E-state index in [2.05, 4.69) is 4.98 Å². The minimum Gasteiger partial charge on any atom is -0.481 e. The van der Waals surface area contributed by atoms with Gasteiger partial charge in [-0.15, -0.1) is 0 Å². The predicted molar refractivity (Wildman–Crippen MR) is 81.6 cm³/mol. The summed E-state index contributed by atoms with van der Waals surface area (Å²) in [5.41, 5.74) is 0.632. The van der Waals surface area contributed by atoms with E-state index in [9.17, 15) is 9.59 Å². The zero-order chi connectivity index (χ0) is 15.4. The Morgan fingerprint density at radius 2 is 2.10 bits per heavy atom. The van der Waals surface area contributed by atoms with Crippen LogP contribution in [0.3, 0.4) is 0 Å². The van der Waals surface area contributed by atoms with Crippen molar-refractivity contribution in [1.29, 1.82) is 0 Å². The number of aliphatic carboxylic acids is 1. The molecule has 5 nitrogen and oxygen atoms in total. The molecule has 0 aliphatic heterocycles. The predicted octanol–water partition coefficient (Wildman–Crippen LogP) is 2.77. The van der Waals surface area contributed by atoms with E-state index in [1.54, 1.807) is 10.6 Å². The molecule has 1 unspecified atom stereocenters. The van der Waals surface area contributed by atoms with Crippen LogP contribution in [0.5, 0.6) is 0 Å². The molecule has 1 aromatic heterocycles. The lowest BCUT2D eigenvalue weighted by molar-refractivity contribution is -0.137. The molecule has 1 aromatic carbocycles. The Bertz CT molecular complexity index is 706. The van der Waals surface area contributed by atoms with Gasteiger partial charge in [-0.3, -0.25) is 14.2 Å². The molecule has 0 radical (unpaired) electrons. The van der Waals surface area contributed by atoms with Crippen LogP contribution in [0.25, 0.3) is 10.9 Å². The van der Waals surface area contributed by atoms with E-state index in [-0.39, 0.29) is 18.0 Å². The van der Waals surface area contributed by atoms with E-state index >= 15 is 0 Å². The van der Waals surface area contributed by atoms with Crippen LogP contribution in [0, 0.1) is 0 Å². The van der Waals surface area contributed by atoms with Crippen LogP contribution in [0.15, 0.2) is 29.1 Å². The molecule has 2 rings (SSSR count). The third-order valence-corrected chi connectivity index (χ3v) is 3.70. The van der Waals surface area contributed by atoms with Gasteiger partial charge in [-0.25, -0.2) is 4.98 Å². The highest BCUT2D eigenvalue weighted by Crippen LogP contribution is 2.15. The summed E-state index contributed by atoms with van der Waals surface area (Å²) in [7, 11) is 0. The lowest BCUT2D eigenvalue weighted by Gasteiger charge is -2.18. The van der Waals surface area contributed by atoms with Gasteiger partial charge in [0.15, 0.2) is 0 Å². The van der Waals surface area contributed by atoms with Crippen molar-refractivity contribution < 1.29 is 9.90 Å². The number of nitrogens with zero attached hydrogens (tertiary/aromatic N) is 2. The van der Waals surface area contributed by atoms with Crippen LogP contribution < -0.4 is 5.56 Å². The van der Waals surface area contributed by atoms with Crippen LogP contribution >= 0.6 is 0 Å². The highest BCUT2D eigenvalue weighted by Gasteiger charge is 2.14. The van der Waals surface area contributed by atoms with Crippen molar-refractivity contribution in [3.63, 3.8) is 0 Å². The van der Waals surface area contributed by atoms with E-state index in [0.717, 1.165) is 6.42 Å².